The van der Waals surface area contributed by atoms with Gasteiger partial charge in [-0.05, 0) is 31.8 Å². The number of hydrogen-bond donors (Lipinski definition) is 0. The Hall–Kier alpha value is -3.38. The minimum absolute atomic E-state index is 0.355. The Balaban J connectivity index is 1.69. The topological polar surface area (TPSA) is 67.9 Å². The Morgan fingerprint density at radius 2 is 1.52 bits per heavy atom. The first kappa shape index (κ1) is 17.1. The van der Waals surface area contributed by atoms with Crippen LogP contribution in [0.3, 0.4) is 0 Å². The van der Waals surface area contributed by atoms with E-state index in [4.69, 9.17) is 9.40 Å². The lowest BCUT2D eigenvalue weighted by Gasteiger charge is -2.13. The molecule has 0 aliphatic heterocycles. The molecule has 0 radical (unpaired) electrons. The Morgan fingerprint density at radius 1 is 0.815 bits per heavy atom. The van der Waals surface area contributed by atoms with Crippen LogP contribution in [0.5, 0.6) is 0 Å². The molecule has 0 bridgehead atoms. The van der Waals surface area contributed by atoms with Crippen molar-refractivity contribution in [2.24, 2.45) is 0 Å². The van der Waals surface area contributed by atoms with Gasteiger partial charge < -0.3 is 9.32 Å². The lowest BCUT2D eigenvalue weighted by atomic mass is 10.0. The van der Waals surface area contributed by atoms with Gasteiger partial charge in [-0.3, -0.25) is 4.98 Å². The SMILES string of the molecule is CN(C)Cc1ccccc1-c1cncc(-c2nnc(-c3ccccc3)o2)n1. The molecule has 2 aromatic heterocycles. The molecular weight excluding hydrogens is 338 g/mol. The van der Waals surface area contributed by atoms with Gasteiger partial charge in [0.15, 0.2) is 0 Å². The van der Waals surface area contributed by atoms with Crippen molar-refractivity contribution in [2.45, 2.75) is 6.54 Å². The van der Waals surface area contributed by atoms with E-state index in [1.54, 1.807) is 12.4 Å². The van der Waals surface area contributed by atoms with Crippen LogP contribution in [-0.2, 0) is 6.54 Å². The number of hydrogen-bond acceptors (Lipinski definition) is 6. The van der Waals surface area contributed by atoms with Gasteiger partial charge in [-0.15, -0.1) is 10.2 Å². The van der Waals surface area contributed by atoms with Gasteiger partial charge in [0.25, 0.3) is 5.89 Å². The lowest BCUT2D eigenvalue weighted by Crippen LogP contribution is -2.11. The van der Waals surface area contributed by atoms with Crippen molar-refractivity contribution < 1.29 is 4.42 Å². The van der Waals surface area contributed by atoms with Crippen LogP contribution in [0, 0.1) is 0 Å². The summed E-state index contributed by atoms with van der Waals surface area (Å²) in [6.07, 6.45) is 3.40. The maximum absolute atomic E-state index is 5.81. The molecule has 4 rings (SSSR count). The zero-order valence-corrected chi connectivity index (χ0v) is 15.2. The molecule has 0 atom stereocenters. The average Bonchev–Trinajstić information content (AvgIpc) is 3.19. The van der Waals surface area contributed by atoms with Crippen LogP contribution in [0.25, 0.3) is 34.3 Å². The van der Waals surface area contributed by atoms with Gasteiger partial charge >= 0.3 is 0 Å². The third-order valence-electron chi connectivity index (χ3n) is 4.08. The van der Waals surface area contributed by atoms with Gasteiger partial charge in [0.1, 0.15) is 5.69 Å². The second-order valence-electron chi connectivity index (χ2n) is 6.46. The predicted molar refractivity (Wildman–Crippen MR) is 104 cm³/mol. The number of benzene rings is 2. The summed E-state index contributed by atoms with van der Waals surface area (Å²) in [5, 5.41) is 8.27. The van der Waals surface area contributed by atoms with Crippen molar-refractivity contribution in [2.75, 3.05) is 14.1 Å². The van der Waals surface area contributed by atoms with E-state index in [1.807, 2.05) is 56.6 Å². The quantitative estimate of drug-likeness (QED) is 0.539. The Labute approximate surface area is 157 Å². The van der Waals surface area contributed by atoms with Crippen molar-refractivity contribution >= 4 is 0 Å². The summed E-state index contributed by atoms with van der Waals surface area (Å²) in [7, 11) is 4.09. The maximum Gasteiger partial charge on any atom is 0.268 e. The summed E-state index contributed by atoms with van der Waals surface area (Å²) in [6, 6.07) is 17.9. The minimum atomic E-state index is 0.355. The lowest BCUT2D eigenvalue weighted by molar-refractivity contribution is 0.403. The van der Waals surface area contributed by atoms with Crippen molar-refractivity contribution in [1.82, 2.24) is 25.1 Å². The molecule has 0 aliphatic rings. The van der Waals surface area contributed by atoms with Crippen LogP contribution in [0.15, 0.2) is 71.4 Å². The molecule has 0 unspecified atom stereocenters. The molecule has 6 nitrogen and oxygen atoms in total. The molecule has 0 N–H and O–H groups in total. The maximum atomic E-state index is 5.81. The summed E-state index contributed by atoms with van der Waals surface area (Å²) in [6.45, 7) is 0.820. The van der Waals surface area contributed by atoms with E-state index in [0.717, 1.165) is 23.4 Å². The monoisotopic (exact) mass is 357 g/mol. The van der Waals surface area contributed by atoms with Gasteiger partial charge in [-0.25, -0.2) is 4.98 Å². The van der Waals surface area contributed by atoms with E-state index in [2.05, 4.69) is 32.2 Å². The van der Waals surface area contributed by atoms with Crippen LogP contribution in [-0.4, -0.2) is 39.2 Å². The Morgan fingerprint density at radius 3 is 2.33 bits per heavy atom. The van der Waals surface area contributed by atoms with E-state index < -0.39 is 0 Å². The van der Waals surface area contributed by atoms with Crippen LogP contribution in [0.2, 0.25) is 0 Å². The van der Waals surface area contributed by atoms with E-state index in [0.29, 0.717) is 17.5 Å². The third-order valence-corrected chi connectivity index (χ3v) is 4.08. The summed E-state index contributed by atoms with van der Waals surface area (Å²) in [5.41, 5.74) is 4.44. The highest BCUT2D eigenvalue weighted by Gasteiger charge is 2.14. The second kappa shape index (κ2) is 7.47. The fraction of sp³-hybridized carbons (Fsp3) is 0.143. The van der Waals surface area contributed by atoms with E-state index in [1.165, 1.54) is 5.56 Å². The summed E-state index contributed by atoms with van der Waals surface area (Å²) >= 11 is 0. The molecule has 2 aromatic carbocycles. The van der Waals surface area contributed by atoms with Crippen molar-refractivity contribution in [3.8, 4) is 34.3 Å². The summed E-state index contributed by atoms with van der Waals surface area (Å²) in [4.78, 5) is 11.2. The average molecular weight is 357 g/mol. The second-order valence-corrected chi connectivity index (χ2v) is 6.46. The molecule has 2 heterocycles. The standard InChI is InChI=1S/C21H19N5O/c1-26(2)14-16-10-6-7-11-17(16)18-12-22-13-19(23-18)21-25-24-20(27-21)15-8-4-3-5-9-15/h3-13H,14H2,1-2H3. The number of rotatable bonds is 5. The van der Waals surface area contributed by atoms with E-state index in [-0.39, 0.29) is 0 Å². The molecule has 0 saturated heterocycles. The number of aromatic nitrogens is 4. The predicted octanol–water partition coefficient (Wildman–Crippen LogP) is 3.92. The van der Waals surface area contributed by atoms with Gasteiger partial charge in [-0.2, -0.15) is 0 Å². The molecule has 6 heteroatoms. The van der Waals surface area contributed by atoms with Crippen LogP contribution < -0.4 is 0 Å². The van der Waals surface area contributed by atoms with Gasteiger partial charge in [0.05, 0.1) is 18.1 Å². The molecule has 4 aromatic rings. The minimum Gasteiger partial charge on any atom is -0.415 e. The smallest absolute Gasteiger partial charge is 0.268 e. The molecule has 0 amide bonds. The highest BCUT2D eigenvalue weighted by molar-refractivity contribution is 5.65. The molecule has 134 valence electrons. The fourth-order valence-electron chi connectivity index (χ4n) is 2.87. The first-order valence-electron chi connectivity index (χ1n) is 8.65. The highest BCUT2D eigenvalue weighted by Crippen LogP contribution is 2.26. The zero-order chi connectivity index (χ0) is 18.6. The normalized spacial score (nSPS) is 11.1. The van der Waals surface area contributed by atoms with Crippen LogP contribution in [0.4, 0.5) is 0 Å². The largest absolute Gasteiger partial charge is 0.415 e. The van der Waals surface area contributed by atoms with Gasteiger partial charge in [-0.1, -0.05) is 42.5 Å². The zero-order valence-electron chi connectivity index (χ0n) is 15.2. The summed E-state index contributed by atoms with van der Waals surface area (Å²) < 4.78 is 5.81. The van der Waals surface area contributed by atoms with Crippen molar-refractivity contribution in [3.63, 3.8) is 0 Å². The summed E-state index contributed by atoms with van der Waals surface area (Å²) in [5.74, 6) is 0.819. The van der Waals surface area contributed by atoms with E-state index in [9.17, 15) is 0 Å². The van der Waals surface area contributed by atoms with Crippen molar-refractivity contribution in [3.05, 3.63) is 72.6 Å². The first-order chi connectivity index (χ1) is 13.2. The molecule has 0 fully saturated rings. The fourth-order valence-corrected chi connectivity index (χ4v) is 2.87. The van der Waals surface area contributed by atoms with Crippen molar-refractivity contribution in [1.29, 1.82) is 0 Å². The van der Waals surface area contributed by atoms with Gasteiger partial charge in [0.2, 0.25) is 5.89 Å². The molecule has 27 heavy (non-hydrogen) atoms. The molecule has 0 spiro atoms. The molecular formula is C21H19N5O. The van der Waals surface area contributed by atoms with Crippen LogP contribution >= 0.6 is 0 Å². The Kier molecular flexibility index (Phi) is 4.72. The first-order valence-corrected chi connectivity index (χ1v) is 8.65. The Bertz CT molecular complexity index is 1040. The number of nitrogens with zero attached hydrogens (tertiary/aromatic N) is 5. The molecule has 0 aliphatic carbocycles. The van der Waals surface area contributed by atoms with Gasteiger partial charge in [0, 0.05) is 17.7 Å². The van der Waals surface area contributed by atoms with Crippen LogP contribution in [0.1, 0.15) is 5.56 Å². The van der Waals surface area contributed by atoms with E-state index >= 15 is 0 Å². The third kappa shape index (κ3) is 3.75. The highest BCUT2D eigenvalue weighted by atomic mass is 16.4. The molecule has 0 saturated carbocycles.